The second-order valence-electron chi connectivity index (χ2n) is 6.27. The Morgan fingerprint density at radius 1 is 1.15 bits per heavy atom. The molecule has 0 aliphatic carbocycles. The highest BCUT2D eigenvalue weighted by Gasteiger charge is 2.10. The maximum absolute atomic E-state index is 11.7. The van der Waals surface area contributed by atoms with Crippen LogP contribution in [-0.2, 0) is 21.3 Å². The van der Waals surface area contributed by atoms with Crippen molar-refractivity contribution in [3.8, 4) is 0 Å². The molecule has 0 saturated heterocycles. The van der Waals surface area contributed by atoms with Crippen LogP contribution in [0.25, 0.3) is 0 Å². The van der Waals surface area contributed by atoms with E-state index in [4.69, 9.17) is 4.74 Å². The van der Waals surface area contributed by atoms with Crippen LogP contribution < -0.4 is 15.4 Å². The van der Waals surface area contributed by atoms with Crippen LogP contribution in [0, 0.1) is 5.92 Å². The van der Waals surface area contributed by atoms with Gasteiger partial charge in [-0.2, -0.15) is 0 Å². The van der Waals surface area contributed by atoms with Crippen molar-refractivity contribution in [1.29, 1.82) is 0 Å². The molecular formula is C18H33IN4O3S. The van der Waals surface area contributed by atoms with Gasteiger partial charge < -0.3 is 15.4 Å². The molecule has 156 valence electrons. The lowest BCUT2D eigenvalue weighted by Gasteiger charge is -2.12. The first-order valence-electron chi connectivity index (χ1n) is 9.01. The Morgan fingerprint density at radius 3 is 2.37 bits per heavy atom. The summed E-state index contributed by atoms with van der Waals surface area (Å²) in [6.07, 6.45) is 1.06. The number of halogens is 1. The van der Waals surface area contributed by atoms with Gasteiger partial charge in [-0.3, -0.25) is 0 Å². The number of hydrogen-bond acceptors (Lipinski definition) is 4. The SMILES string of the molecule is CCNC(=NCc1ccc(S(=O)(=O)NC)cc1)NCCOCCC(C)C.I. The molecule has 0 aromatic heterocycles. The fraction of sp³-hybridized carbons (Fsp3) is 0.611. The summed E-state index contributed by atoms with van der Waals surface area (Å²) in [6, 6.07) is 6.71. The molecule has 1 aromatic carbocycles. The topological polar surface area (TPSA) is 91.8 Å². The van der Waals surface area contributed by atoms with Crippen LogP contribution in [0.5, 0.6) is 0 Å². The molecule has 0 heterocycles. The van der Waals surface area contributed by atoms with E-state index in [-0.39, 0.29) is 28.9 Å². The first-order valence-corrected chi connectivity index (χ1v) is 10.5. The largest absolute Gasteiger partial charge is 0.380 e. The second kappa shape index (κ2) is 14.1. The van der Waals surface area contributed by atoms with Crippen LogP contribution in [0.15, 0.2) is 34.2 Å². The van der Waals surface area contributed by atoms with E-state index in [1.165, 1.54) is 7.05 Å². The van der Waals surface area contributed by atoms with Crippen LogP contribution in [0.4, 0.5) is 0 Å². The fourth-order valence-electron chi connectivity index (χ4n) is 2.07. The molecule has 9 heteroatoms. The summed E-state index contributed by atoms with van der Waals surface area (Å²) in [5.41, 5.74) is 0.936. The molecule has 0 spiro atoms. The standard InChI is InChI=1S/C18H32N4O3S.HI/c1-5-20-18(21-11-13-25-12-10-15(2)3)22-14-16-6-8-17(9-7-16)26(23,24)19-4;/h6-9,15,19H,5,10-14H2,1-4H3,(H2,20,21,22);1H. The molecule has 1 rings (SSSR count). The van der Waals surface area contributed by atoms with Crippen molar-refractivity contribution in [3.63, 3.8) is 0 Å². The monoisotopic (exact) mass is 512 g/mol. The first-order chi connectivity index (χ1) is 12.4. The average Bonchev–Trinajstić information content (AvgIpc) is 2.62. The van der Waals surface area contributed by atoms with E-state index < -0.39 is 10.0 Å². The van der Waals surface area contributed by atoms with E-state index >= 15 is 0 Å². The van der Waals surface area contributed by atoms with Gasteiger partial charge in [-0.25, -0.2) is 18.1 Å². The van der Waals surface area contributed by atoms with Gasteiger partial charge in [-0.15, -0.1) is 24.0 Å². The van der Waals surface area contributed by atoms with Gasteiger partial charge in [-0.1, -0.05) is 26.0 Å². The predicted molar refractivity (Wildman–Crippen MR) is 121 cm³/mol. The number of guanidine groups is 1. The van der Waals surface area contributed by atoms with E-state index in [2.05, 4.69) is 34.2 Å². The molecule has 0 amide bonds. The second-order valence-corrected chi connectivity index (χ2v) is 8.15. The molecule has 0 saturated carbocycles. The molecule has 3 N–H and O–H groups in total. The lowest BCUT2D eigenvalue weighted by atomic mass is 10.1. The van der Waals surface area contributed by atoms with Crippen molar-refractivity contribution in [2.45, 2.75) is 38.6 Å². The van der Waals surface area contributed by atoms with Gasteiger partial charge in [0.05, 0.1) is 18.0 Å². The van der Waals surface area contributed by atoms with Gasteiger partial charge in [0.25, 0.3) is 0 Å². The summed E-state index contributed by atoms with van der Waals surface area (Å²) in [6.45, 7) is 9.68. The van der Waals surface area contributed by atoms with Gasteiger partial charge in [0.1, 0.15) is 0 Å². The number of ether oxygens (including phenoxy) is 1. The van der Waals surface area contributed by atoms with Crippen molar-refractivity contribution in [1.82, 2.24) is 15.4 Å². The van der Waals surface area contributed by atoms with Gasteiger partial charge >= 0.3 is 0 Å². The highest BCUT2D eigenvalue weighted by molar-refractivity contribution is 14.0. The summed E-state index contributed by atoms with van der Waals surface area (Å²) in [4.78, 5) is 4.76. The van der Waals surface area contributed by atoms with Gasteiger partial charge in [0, 0.05) is 19.7 Å². The summed E-state index contributed by atoms with van der Waals surface area (Å²) in [5.74, 6) is 1.36. The fourth-order valence-corrected chi connectivity index (χ4v) is 2.80. The lowest BCUT2D eigenvalue weighted by molar-refractivity contribution is 0.128. The van der Waals surface area contributed by atoms with E-state index in [9.17, 15) is 8.42 Å². The molecule has 27 heavy (non-hydrogen) atoms. The zero-order chi connectivity index (χ0) is 19.4. The van der Waals surface area contributed by atoms with Crippen molar-refractivity contribution < 1.29 is 13.2 Å². The van der Waals surface area contributed by atoms with Crippen LogP contribution >= 0.6 is 24.0 Å². The number of rotatable bonds is 11. The minimum atomic E-state index is -3.40. The van der Waals surface area contributed by atoms with Crippen molar-refractivity contribution in [2.75, 3.05) is 33.4 Å². The molecule has 0 aliphatic heterocycles. The summed E-state index contributed by atoms with van der Waals surface area (Å²) in [7, 11) is -2.01. The first kappa shape index (κ1) is 26.1. The van der Waals surface area contributed by atoms with Gasteiger partial charge in [0.15, 0.2) is 5.96 Å². The number of hydrogen-bond donors (Lipinski definition) is 3. The summed E-state index contributed by atoms with van der Waals surface area (Å²) >= 11 is 0. The van der Waals surface area contributed by atoms with E-state index in [0.29, 0.717) is 31.6 Å². The Hall–Kier alpha value is -0.910. The quantitative estimate of drug-likeness (QED) is 0.183. The molecule has 0 aliphatic rings. The van der Waals surface area contributed by atoms with Gasteiger partial charge in [0.2, 0.25) is 10.0 Å². The zero-order valence-electron chi connectivity index (χ0n) is 16.6. The number of benzene rings is 1. The van der Waals surface area contributed by atoms with Crippen LogP contribution in [0.3, 0.4) is 0 Å². The normalized spacial score (nSPS) is 12.0. The van der Waals surface area contributed by atoms with Crippen molar-refractivity contribution in [3.05, 3.63) is 29.8 Å². The lowest BCUT2D eigenvalue weighted by Crippen LogP contribution is -2.39. The summed E-state index contributed by atoms with van der Waals surface area (Å²) < 4.78 is 31.3. The Morgan fingerprint density at radius 2 is 1.81 bits per heavy atom. The van der Waals surface area contributed by atoms with Gasteiger partial charge in [-0.05, 0) is 44.0 Å². The van der Waals surface area contributed by atoms with Crippen LogP contribution in [0.2, 0.25) is 0 Å². The van der Waals surface area contributed by atoms with E-state index in [1.807, 2.05) is 6.92 Å². The molecule has 0 unspecified atom stereocenters. The molecular weight excluding hydrogens is 479 g/mol. The molecule has 0 radical (unpaired) electrons. The highest BCUT2D eigenvalue weighted by Crippen LogP contribution is 2.10. The molecule has 1 aromatic rings. The molecule has 0 bridgehead atoms. The average molecular weight is 512 g/mol. The Balaban J connectivity index is 0.00000676. The third kappa shape index (κ3) is 10.9. The number of nitrogens with one attached hydrogen (secondary N) is 3. The minimum Gasteiger partial charge on any atom is -0.380 e. The summed E-state index contributed by atoms with van der Waals surface area (Å²) in [5, 5.41) is 6.42. The van der Waals surface area contributed by atoms with Crippen molar-refractivity contribution >= 4 is 40.0 Å². The molecule has 0 atom stereocenters. The number of sulfonamides is 1. The predicted octanol–water partition coefficient (Wildman–Crippen LogP) is 2.33. The Labute approximate surface area is 180 Å². The Kier molecular flexibility index (Phi) is 13.7. The maximum Gasteiger partial charge on any atom is 0.240 e. The maximum atomic E-state index is 11.7. The Bertz CT molecular complexity index is 649. The minimum absolute atomic E-state index is 0. The third-order valence-corrected chi connectivity index (χ3v) is 5.07. The van der Waals surface area contributed by atoms with Crippen LogP contribution in [0.1, 0.15) is 32.8 Å². The van der Waals surface area contributed by atoms with E-state index in [1.54, 1.807) is 24.3 Å². The molecule has 0 fully saturated rings. The number of aliphatic imine (C=N–C) groups is 1. The highest BCUT2D eigenvalue weighted by atomic mass is 127. The molecule has 7 nitrogen and oxygen atoms in total. The zero-order valence-corrected chi connectivity index (χ0v) is 19.8. The van der Waals surface area contributed by atoms with Crippen LogP contribution in [-0.4, -0.2) is 47.7 Å². The number of nitrogens with zero attached hydrogens (tertiary/aromatic N) is 1. The third-order valence-electron chi connectivity index (χ3n) is 3.64. The van der Waals surface area contributed by atoms with E-state index in [0.717, 1.165) is 25.1 Å². The van der Waals surface area contributed by atoms with Crippen molar-refractivity contribution in [2.24, 2.45) is 10.9 Å². The smallest absolute Gasteiger partial charge is 0.240 e.